The number of nitrogens with one attached hydrogen (secondary N) is 1. The number of aromatic nitrogens is 1. The predicted octanol–water partition coefficient (Wildman–Crippen LogP) is 4.80. The summed E-state index contributed by atoms with van der Waals surface area (Å²) in [5, 5.41) is 8.12. The summed E-state index contributed by atoms with van der Waals surface area (Å²) in [6.07, 6.45) is 1.99. The van der Waals surface area contributed by atoms with Gasteiger partial charge in [-0.1, -0.05) is 42.5 Å². The molecule has 2 aliphatic rings. The van der Waals surface area contributed by atoms with Crippen LogP contribution in [0.15, 0.2) is 82.9 Å². The van der Waals surface area contributed by atoms with Crippen molar-refractivity contribution >= 4 is 33.1 Å². The molecule has 0 amide bonds. The third kappa shape index (κ3) is 1.57. The standard InChI is InChI=1S/C24H13N3/c1-2-4-19-18(3-1)21-20(26-19)10-9-17-16-8-7-14-15(23(16)27-24(17)21)6-5-13-11-12-25-22(13)14/h1-12,25H. The van der Waals surface area contributed by atoms with Crippen LogP contribution in [0.4, 0.5) is 11.4 Å². The first-order valence-electron chi connectivity index (χ1n) is 9.11. The first kappa shape index (κ1) is 13.5. The SMILES string of the molecule is c1ccc2c(c1)N=c1ccc3c(c1-2)N=c1c=3ccc2c1ccc1cc[nH]c12. The van der Waals surface area contributed by atoms with E-state index in [1.54, 1.807) is 0 Å². The lowest BCUT2D eigenvalue weighted by molar-refractivity contribution is 1.38. The van der Waals surface area contributed by atoms with Gasteiger partial charge in [-0.2, -0.15) is 0 Å². The summed E-state index contributed by atoms with van der Waals surface area (Å²) < 4.78 is 0. The van der Waals surface area contributed by atoms with Crippen molar-refractivity contribution in [3.63, 3.8) is 0 Å². The summed E-state index contributed by atoms with van der Waals surface area (Å²) >= 11 is 0. The van der Waals surface area contributed by atoms with E-state index in [1.165, 1.54) is 37.7 Å². The first-order valence-corrected chi connectivity index (χ1v) is 9.11. The van der Waals surface area contributed by atoms with E-state index in [0.717, 1.165) is 27.7 Å². The Labute approximate surface area is 153 Å². The molecule has 0 aliphatic carbocycles. The molecule has 1 N–H and O–H groups in total. The molecule has 3 nitrogen and oxygen atoms in total. The number of hydrogen-bond acceptors (Lipinski definition) is 2. The molecule has 2 aliphatic heterocycles. The quantitative estimate of drug-likeness (QED) is 0.411. The van der Waals surface area contributed by atoms with Crippen molar-refractivity contribution in [1.82, 2.24) is 4.98 Å². The molecular formula is C24H13N3. The molecule has 3 heteroatoms. The zero-order valence-electron chi connectivity index (χ0n) is 14.3. The highest BCUT2D eigenvalue weighted by Crippen LogP contribution is 2.39. The molecule has 1 aromatic heterocycles. The Hall–Kier alpha value is -3.72. The molecule has 7 rings (SSSR count). The summed E-state index contributed by atoms with van der Waals surface area (Å²) in [6, 6.07) is 23.5. The number of benzene rings is 4. The molecule has 0 bridgehead atoms. The van der Waals surface area contributed by atoms with E-state index in [-0.39, 0.29) is 0 Å². The summed E-state index contributed by atoms with van der Waals surface area (Å²) in [5.41, 5.74) is 5.60. The summed E-state index contributed by atoms with van der Waals surface area (Å²) in [4.78, 5) is 13.3. The van der Waals surface area contributed by atoms with Crippen LogP contribution in [0.5, 0.6) is 0 Å². The fraction of sp³-hybridized carbons (Fsp3) is 0. The number of nitrogens with zero attached hydrogens (tertiary/aromatic N) is 2. The topological polar surface area (TPSA) is 40.5 Å². The van der Waals surface area contributed by atoms with Crippen LogP contribution in [-0.2, 0) is 0 Å². The molecule has 4 aromatic carbocycles. The third-order valence-electron chi connectivity index (χ3n) is 5.78. The van der Waals surface area contributed by atoms with Gasteiger partial charge in [-0.3, -0.25) is 0 Å². The number of aromatic amines is 1. The minimum Gasteiger partial charge on any atom is -0.361 e. The maximum atomic E-state index is 5.13. The number of H-pyrrole nitrogens is 1. The maximum Gasteiger partial charge on any atom is 0.0817 e. The summed E-state index contributed by atoms with van der Waals surface area (Å²) in [6.45, 7) is 0. The van der Waals surface area contributed by atoms with E-state index in [2.05, 4.69) is 65.6 Å². The molecule has 0 atom stereocenters. The van der Waals surface area contributed by atoms with Crippen molar-refractivity contribution in [3.05, 3.63) is 94.1 Å². The molecule has 0 spiro atoms. The van der Waals surface area contributed by atoms with Crippen molar-refractivity contribution in [2.45, 2.75) is 0 Å². The van der Waals surface area contributed by atoms with E-state index in [4.69, 9.17) is 9.98 Å². The average molecular weight is 343 g/mol. The van der Waals surface area contributed by atoms with Crippen molar-refractivity contribution in [1.29, 1.82) is 0 Å². The molecule has 0 fully saturated rings. The Bertz CT molecular complexity index is 1670. The Morgan fingerprint density at radius 1 is 0.704 bits per heavy atom. The second-order valence-corrected chi connectivity index (χ2v) is 7.16. The van der Waals surface area contributed by atoms with Crippen LogP contribution in [0.2, 0.25) is 0 Å². The normalized spacial score (nSPS) is 13.0. The highest BCUT2D eigenvalue weighted by molar-refractivity contribution is 6.05. The van der Waals surface area contributed by atoms with E-state index < -0.39 is 0 Å². The van der Waals surface area contributed by atoms with Gasteiger partial charge >= 0.3 is 0 Å². The second kappa shape index (κ2) is 4.51. The van der Waals surface area contributed by atoms with Gasteiger partial charge in [0.05, 0.1) is 27.6 Å². The monoisotopic (exact) mass is 343 g/mol. The average Bonchev–Trinajstić information content (AvgIpc) is 3.41. The van der Waals surface area contributed by atoms with Crippen molar-refractivity contribution in [2.24, 2.45) is 9.98 Å². The number of rotatable bonds is 0. The second-order valence-electron chi connectivity index (χ2n) is 7.16. The van der Waals surface area contributed by atoms with Crippen molar-refractivity contribution < 1.29 is 0 Å². The number of para-hydroxylation sites is 1. The molecule has 0 saturated heterocycles. The van der Waals surface area contributed by atoms with Gasteiger partial charge in [0.2, 0.25) is 0 Å². The van der Waals surface area contributed by atoms with Crippen LogP contribution in [0, 0.1) is 10.4 Å². The Balaban J connectivity index is 1.68. The minimum atomic E-state index is 1.02. The van der Waals surface area contributed by atoms with Gasteiger partial charge in [0.1, 0.15) is 0 Å². The van der Waals surface area contributed by atoms with Crippen LogP contribution in [-0.4, -0.2) is 4.98 Å². The Morgan fingerprint density at radius 3 is 2.59 bits per heavy atom. The maximum absolute atomic E-state index is 5.13. The van der Waals surface area contributed by atoms with Gasteiger partial charge in [-0.25, -0.2) is 9.98 Å². The third-order valence-corrected chi connectivity index (χ3v) is 5.78. The lowest BCUT2D eigenvalue weighted by Gasteiger charge is -2.02. The molecule has 124 valence electrons. The van der Waals surface area contributed by atoms with Gasteiger partial charge in [0.25, 0.3) is 0 Å². The Morgan fingerprint density at radius 2 is 1.59 bits per heavy atom. The van der Waals surface area contributed by atoms with E-state index in [1.807, 2.05) is 12.3 Å². The minimum absolute atomic E-state index is 1.02. The highest BCUT2D eigenvalue weighted by atomic mass is 14.8. The summed E-state index contributed by atoms with van der Waals surface area (Å²) in [7, 11) is 0. The lowest BCUT2D eigenvalue weighted by Crippen LogP contribution is -2.02. The predicted molar refractivity (Wildman–Crippen MR) is 107 cm³/mol. The lowest BCUT2D eigenvalue weighted by atomic mass is 10.0. The van der Waals surface area contributed by atoms with E-state index in [0.29, 0.717) is 0 Å². The van der Waals surface area contributed by atoms with Crippen LogP contribution in [0.3, 0.4) is 0 Å². The fourth-order valence-electron chi connectivity index (χ4n) is 4.56. The first-order chi connectivity index (χ1) is 13.4. The Kier molecular flexibility index (Phi) is 2.25. The van der Waals surface area contributed by atoms with Gasteiger partial charge in [0.15, 0.2) is 0 Å². The van der Waals surface area contributed by atoms with Gasteiger partial charge in [-0.15, -0.1) is 0 Å². The van der Waals surface area contributed by atoms with Gasteiger partial charge in [-0.05, 0) is 24.3 Å². The smallest absolute Gasteiger partial charge is 0.0817 e. The molecule has 5 aromatic rings. The summed E-state index contributed by atoms with van der Waals surface area (Å²) in [5.74, 6) is 0. The van der Waals surface area contributed by atoms with Gasteiger partial charge < -0.3 is 4.98 Å². The highest BCUT2D eigenvalue weighted by Gasteiger charge is 2.20. The molecule has 0 radical (unpaired) electrons. The van der Waals surface area contributed by atoms with Gasteiger partial charge in [0, 0.05) is 43.9 Å². The largest absolute Gasteiger partial charge is 0.361 e. The molecule has 0 unspecified atom stereocenters. The van der Waals surface area contributed by atoms with E-state index >= 15 is 0 Å². The number of hydrogen-bond donors (Lipinski definition) is 1. The van der Waals surface area contributed by atoms with Crippen LogP contribution in [0.1, 0.15) is 0 Å². The van der Waals surface area contributed by atoms with Crippen molar-refractivity contribution in [2.75, 3.05) is 0 Å². The molecule has 3 heterocycles. The van der Waals surface area contributed by atoms with Crippen LogP contribution in [0.25, 0.3) is 32.8 Å². The molecular weight excluding hydrogens is 330 g/mol. The van der Waals surface area contributed by atoms with Crippen molar-refractivity contribution in [3.8, 4) is 11.1 Å². The zero-order valence-corrected chi connectivity index (χ0v) is 14.3. The van der Waals surface area contributed by atoms with Crippen LogP contribution >= 0.6 is 0 Å². The fourth-order valence-corrected chi connectivity index (χ4v) is 4.56. The van der Waals surface area contributed by atoms with Crippen LogP contribution < -0.4 is 10.7 Å². The number of fused-ring (bicyclic) bond motifs is 10. The molecule has 27 heavy (non-hydrogen) atoms. The van der Waals surface area contributed by atoms with E-state index in [9.17, 15) is 0 Å². The molecule has 0 saturated carbocycles. The zero-order chi connectivity index (χ0) is 17.5.